The molecular formula is C16H28O14. The van der Waals surface area contributed by atoms with Crippen LogP contribution in [0, 0.1) is 0 Å². The maximum Gasteiger partial charge on any atom is 0.186 e. The molecule has 30 heavy (non-hydrogen) atoms. The van der Waals surface area contributed by atoms with Gasteiger partial charge in [-0.25, -0.2) is 0 Å². The Morgan fingerprint density at radius 2 is 1.10 bits per heavy atom. The summed E-state index contributed by atoms with van der Waals surface area (Å²) >= 11 is 0. The summed E-state index contributed by atoms with van der Waals surface area (Å²) in [5, 5.41) is 89.0. The molecule has 1 unspecified atom stereocenters. The van der Waals surface area contributed by atoms with Crippen LogP contribution in [-0.2, 0) is 23.7 Å². The second-order valence-corrected chi connectivity index (χ2v) is 7.44. The summed E-state index contributed by atoms with van der Waals surface area (Å²) in [5.41, 5.74) is 0. The van der Waals surface area contributed by atoms with Crippen LogP contribution in [0.1, 0.15) is 0 Å². The van der Waals surface area contributed by atoms with Gasteiger partial charge in [0, 0.05) is 0 Å². The molecule has 0 amide bonds. The third kappa shape index (κ3) is 4.77. The monoisotopic (exact) mass is 444 g/mol. The molecule has 0 radical (unpaired) electrons. The smallest absolute Gasteiger partial charge is 0.186 e. The second-order valence-electron chi connectivity index (χ2n) is 7.44. The first-order valence-electron chi connectivity index (χ1n) is 9.40. The highest BCUT2D eigenvalue weighted by Gasteiger charge is 2.51. The molecule has 0 aliphatic carbocycles. The van der Waals surface area contributed by atoms with Gasteiger partial charge >= 0.3 is 0 Å². The van der Waals surface area contributed by atoms with Crippen LogP contribution in [-0.4, -0.2) is 146 Å². The van der Waals surface area contributed by atoms with Crippen LogP contribution in [0.3, 0.4) is 0 Å². The Morgan fingerprint density at radius 3 is 1.57 bits per heavy atom. The van der Waals surface area contributed by atoms with E-state index in [-0.39, 0.29) is 0 Å². The molecule has 0 bridgehead atoms. The maximum absolute atomic E-state index is 10.5. The third-order valence-corrected chi connectivity index (χ3v) is 5.31. The molecule has 9 N–H and O–H groups in total. The van der Waals surface area contributed by atoms with E-state index in [2.05, 4.69) is 0 Å². The highest BCUT2D eigenvalue weighted by atomic mass is 16.8. The minimum absolute atomic E-state index is 0.394. The van der Waals surface area contributed by atoms with Crippen molar-refractivity contribution in [2.24, 2.45) is 0 Å². The van der Waals surface area contributed by atoms with E-state index in [0.29, 0.717) is 0 Å². The van der Waals surface area contributed by atoms with Crippen molar-refractivity contribution in [3.8, 4) is 0 Å². The van der Waals surface area contributed by atoms with Crippen molar-refractivity contribution in [1.82, 2.24) is 0 Å². The van der Waals surface area contributed by atoms with Gasteiger partial charge in [0.05, 0.1) is 19.8 Å². The molecule has 176 valence electrons. The van der Waals surface area contributed by atoms with E-state index in [1.165, 1.54) is 0 Å². The molecule has 3 fully saturated rings. The minimum Gasteiger partial charge on any atom is -0.394 e. The summed E-state index contributed by atoms with van der Waals surface area (Å²) in [6, 6.07) is 0. The van der Waals surface area contributed by atoms with Crippen molar-refractivity contribution in [1.29, 1.82) is 0 Å². The lowest BCUT2D eigenvalue weighted by atomic mass is 9.97. The Labute approximate surface area is 170 Å². The lowest BCUT2D eigenvalue weighted by Gasteiger charge is -2.46. The van der Waals surface area contributed by atoms with E-state index in [1.54, 1.807) is 0 Å². The number of aliphatic hydroxyl groups is 9. The third-order valence-electron chi connectivity index (χ3n) is 5.31. The van der Waals surface area contributed by atoms with Gasteiger partial charge in [0.25, 0.3) is 0 Å². The van der Waals surface area contributed by atoms with Crippen LogP contribution in [0.2, 0.25) is 0 Å². The summed E-state index contributed by atoms with van der Waals surface area (Å²) < 4.78 is 26.3. The van der Waals surface area contributed by atoms with Gasteiger partial charge in [-0.3, -0.25) is 0 Å². The van der Waals surface area contributed by atoms with Crippen molar-refractivity contribution in [3.05, 3.63) is 0 Å². The van der Waals surface area contributed by atoms with Gasteiger partial charge in [-0.1, -0.05) is 0 Å². The summed E-state index contributed by atoms with van der Waals surface area (Å²) in [6.07, 6.45) is -20.4. The van der Waals surface area contributed by atoms with Gasteiger partial charge in [0.15, 0.2) is 18.9 Å². The highest BCUT2D eigenvalue weighted by molar-refractivity contribution is 4.94. The molecule has 3 aliphatic heterocycles. The van der Waals surface area contributed by atoms with E-state index >= 15 is 0 Å². The first-order valence-corrected chi connectivity index (χ1v) is 9.40. The Balaban J connectivity index is 1.77. The molecule has 3 rings (SSSR count). The first kappa shape index (κ1) is 24.1. The second kappa shape index (κ2) is 9.93. The van der Waals surface area contributed by atoms with Gasteiger partial charge in [-0.15, -0.1) is 0 Å². The normalized spacial score (nSPS) is 52.9. The summed E-state index contributed by atoms with van der Waals surface area (Å²) in [7, 11) is 0. The topological polar surface area (TPSA) is 228 Å². The molecule has 0 aromatic carbocycles. The molecule has 0 saturated carbocycles. The van der Waals surface area contributed by atoms with Crippen molar-refractivity contribution >= 4 is 0 Å². The van der Waals surface area contributed by atoms with Gasteiger partial charge in [-0.2, -0.15) is 0 Å². The predicted octanol–water partition coefficient (Wildman–Crippen LogP) is -6.29. The van der Waals surface area contributed by atoms with E-state index in [0.717, 1.165) is 0 Å². The molecule has 14 heteroatoms. The number of hydrogen-bond acceptors (Lipinski definition) is 14. The molecular weight excluding hydrogens is 416 g/mol. The SMILES string of the molecule is OC[C@H]1OC(O)[C@H](O[C@@H]2OC[C@@H](O)[C@H](O)[C@H]2O)[C@@H](O[C@@H]2OC[C@@H](O)[C@H](O)[C@H]2O)[C@@H]1O. The standard InChI is InChI=1S/C16H28O14/c17-1-6-9(22)12(29-15-10(23)7(20)4(18)2-26-15)13(14(25)28-6)30-16-11(24)8(21)5(19)3-27-16/h4-25H,1-3H2/t4-,5-,6-,7+,8+,9-,10-,11-,12+,13-,14?,15+,16+/m1/s1. The Kier molecular flexibility index (Phi) is 7.97. The van der Waals surface area contributed by atoms with E-state index in [1.807, 2.05) is 0 Å². The van der Waals surface area contributed by atoms with Crippen LogP contribution >= 0.6 is 0 Å². The summed E-state index contributed by atoms with van der Waals surface area (Å²) in [4.78, 5) is 0. The van der Waals surface area contributed by atoms with Gasteiger partial charge in [-0.05, 0) is 0 Å². The maximum atomic E-state index is 10.5. The van der Waals surface area contributed by atoms with Crippen LogP contribution in [0.5, 0.6) is 0 Å². The summed E-state index contributed by atoms with van der Waals surface area (Å²) in [6.45, 7) is -1.50. The predicted molar refractivity (Wildman–Crippen MR) is 89.2 cm³/mol. The number of ether oxygens (including phenoxy) is 5. The van der Waals surface area contributed by atoms with Crippen LogP contribution in [0.4, 0.5) is 0 Å². The molecule has 14 nitrogen and oxygen atoms in total. The molecule has 0 aromatic heterocycles. The first-order chi connectivity index (χ1) is 14.1. The molecule has 3 aliphatic rings. The van der Waals surface area contributed by atoms with Crippen LogP contribution in [0.15, 0.2) is 0 Å². The van der Waals surface area contributed by atoms with E-state index in [4.69, 9.17) is 23.7 Å². The number of hydrogen-bond donors (Lipinski definition) is 9. The average molecular weight is 444 g/mol. The quantitative estimate of drug-likeness (QED) is 0.192. The molecule has 3 heterocycles. The zero-order chi connectivity index (χ0) is 22.2. The minimum atomic E-state index is -1.81. The molecule has 0 aromatic rings. The Morgan fingerprint density at radius 1 is 0.633 bits per heavy atom. The van der Waals surface area contributed by atoms with Gasteiger partial charge in [0.1, 0.15) is 61.0 Å². The van der Waals surface area contributed by atoms with Crippen LogP contribution < -0.4 is 0 Å². The average Bonchev–Trinajstić information content (AvgIpc) is 2.72. The Hall–Kier alpha value is -0.560. The van der Waals surface area contributed by atoms with Crippen LogP contribution in [0.25, 0.3) is 0 Å². The number of aliphatic hydroxyl groups excluding tert-OH is 9. The lowest BCUT2D eigenvalue weighted by Crippen LogP contribution is -2.65. The fourth-order valence-electron chi connectivity index (χ4n) is 3.47. The fraction of sp³-hybridized carbons (Fsp3) is 1.00. The van der Waals surface area contributed by atoms with Crippen molar-refractivity contribution in [3.63, 3.8) is 0 Å². The van der Waals surface area contributed by atoms with E-state index in [9.17, 15) is 46.0 Å². The number of rotatable bonds is 5. The van der Waals surface area contributed by atoms with Gasteiger partial charge in [0.2, 0.25) is 0 Å². The zero-order valence-electron chi connectivity index (χ0n) is 15.7. The Bertz CT molecular complexity index is 552. The van der Waals surface area contributed by atoms with Gasteiger partial charge < -0.3 is 69.6 Å². The molecule has 0 spiro atoms. The van der Waals surface area contributed by atoms with Crippen molar-refractivity contribution < 1.29 is 69.6 Å². The van der Waals surface area contributed by atoms with Crippen molar-refractivity contribution in [2.75, 3.05) is 19.8 Å². The largest absolute Gasteiger partial charge is 0.394 e. The fourth-order valence-corrected chi connectivity index (χ4v) is 3.47. The molecule has 13 atom stereocenters. The van der Waals surface area contributed by atoms with Crippen molar-refractivity contribution in [2.45, 2.75) is 79.9 Å². The lowest BCUT2D eigenvalue weighted by molar-refractivity contribution is -0.376. The molecule has 3 saturated heterocycles. The summed E-state index contributed by atoms with van der Waals surface area (Å²) in [5.74, 6) is 0. The zero-order valence-corrected chi connectivity index (χ0v) is 15.7. The highest BCUT2D eigenvalue weighted by Crippen LogP contribution is 2.30. The van der Waals surface area contributed by atoms with E-state index < -0.39 is 99.7 Å².